The van der Waals surface area contributed by atoms with Crippen molar-refractivity contribution in [3.05, 3.63) is 245 Å². The summed E-state index contributed by atoms with van der Waals surface area (Å²) in [4.78, 5) is 15.2. The smallest absolute Gasteiger partial charge is 0.159 e. The van der Waals surface area contributed by atoms with Gasteiger partial charge in [-0.3, -0.25) is 4.98 Å². The molecular formula is C55H36N4O. The van der Waals surface area contributed by atoms with E-state index in [0.29, 0.717) is 5.84 Å². The average molecular weight is 769 g/mol. The first-order valence-electron chi connectivity index (χ1n) is 20.4. The molecule has 0 radical (unpaired) electrons. The summed E-state index contributed by atoms with van der Waals surface area (Å²) in [7, 11) is 0. The lowest BCUT2D eigenvalue weighted by Crippen LogP contribution is -2.34. The minimum Gasteiger partial charge on any atom is -0.457 e. The summed E-state index contributed by atoms with van der Waals surface area (Å²) in [6.07, 6.45) is 1.47. The number of hydrogen-bond acceptors (Lipinski definition) is 5. The van der Waals surface area contributed by atoms with Crippen molar-refractivity contribution < 1.29 is 4.74 Å². The van der Waals surface area contributed by atoms with Gasteiger partial charge in [-0.15, -0.1) is 0 Å². The van der Waals surface area contributed by atoms with Crippen molar-refractivity contribution in [3.63, 3.8) is 0 Å². The van der Waals surface area contributed by atoms with Crippen LogP contribution in [0.3, 0.4) is 0 Å². The fourth-order valence-electron chi connectivity index (χ4n) is 9.62. The highest BCUT2D eigenvalue weighted by molar-refractivity contribution is 6.13. The monoisotopic (exact) mass is 768 g/mol. The Labute approximate surface area is 348 Å². The number of nitrogens with zero attached hydrogens (tertiary/aromatic N) is 3. The van der Waals surface area contributed by atoms with Crippen LogP contribution in [0.4, 0.5) is 0 Å². The fraction of sp³-hybridized carbons (Fsp3) is 0.0364. The molecule has 1 spiro atoms. The van der Waals surface area contributed by atoms with Crippen molar-refractivity contribution in [2.75, 3.05) is 0 Å². The van der Waals surface area contributed by atoms with Gasteiger partial charge >= 0.3 is 0 Å². The van der Waals surface area contributed by atoms with E-state index in [9.17, 15) is 0 Å². The molecule has 3 aliphatic rings. The van der Waals surface area contributed by atoms with Crippen LogP contribution in [0, 0.1) is 0 Å². The van der Waals surface area contributed by atoms with Crippen LogP contribution in [0.5, 0.6) is 11.5 Å². The number of ether oxygens (including phenoxy) is 1. The summed E-state index contributed by atoms with van der Waals surface area (Å²) in [5.41, 5.74) is 14.9. The van der Waals surface area contributed by atoms with Crippen LogP contribution in [0.1, 0.15) is 45.1 Å². The molecule has 60 heavy (non-hydrogen) atoms. The van der Waals surface area contributed by atoms with Crippen LogP contribution >= 0.6 is 0 Å². The number of amidine groups is 2. The molecule has 282 valence electrons. The third-order valence-electron chi connectivity index (χ3n) is 12.3. The second kappa shape index (κ2) is 13.6. The van der Waals surface area contributed by atoms with Crippen molar-refractivity contribution in [1.82, 2.24) is 10.3 Å². The Morgan fingerprint density at radius 1 is 0.450 bits per heavy atom. The molecule has 0 saturated heterocycles. The van der Waals surface area contributed by atoms with Crippen molar-refractivity contribution in [2.24, 2.45) is 9.98 Å². The molecule has 9 aromatic rings. The fourth-order valence-corrected chi connectivity index (χ4v) is 9.62. The molecule has 1 N–H and O–H groups in total. The molecule has 1 atom stereocenters. The standard InChI is InChI=1S/C55H36N4O/c1-4-15-35(16-5-1)40-28-29-41(51-44(40)23-14-32-56-51)38-26-30-47-49(33-38)60-50-34-39(27-31-48(50)55(47)45-24-12-10-21-42(45)43-22-11-13-25-46(43)55)54-58-52(36-17-6-2-7-18-36)57-53(59-54)37-19-8-3-9-20-37/h1-34,54H,(H,57,58,59). The van der Waals surface area contributed by atoms with Gasteiger partial charge in [0, 0.05) is 45.0 Å². The van der Waals surface area contributed by atoms with Crippen LogP contribution in [0.15, 0.2) is 216 Å². The second-order valence-electron chi connectivity index (χ2n) is 15.5. The van der Waals surface area contributed by atoms with Crippen LogP contribution in [0.25, 0.3) is 44.3 Å². The molecule has 8 aromatic carbocycles. The first kappa shape index (κ1) is 34.2. The predicted molar refractivity (Wildman–Crippen MR) is 242 cm³/mol. The molecule has 1 aromatic heterocycles. The number of aliphatic imine (C=N–C) groups is 2. The third kappa shape index (κ3) is 5.22. The summed E-state index contributed by atoms with van der Waals surface area (Å²) in [5, 5.41) is 4.78. The lowest BCUT2D eigenvalue weighted by Gasteiger charge is -2.40. The molecule has 3 heterocycles. The van der Waals surface area contributed by atoms with E-state index in [1.807, 2.05) is 48.7 Å². The van der Waals surface area contributed by atoms with Gasteiger partial charge < -0.3 is 10.1 Å². The summed E-state index contributed by atoms with van der Waals surface area (Å²) in [5.74, 6) is 3.07. The highest BCUT2D eigenvalue weighted by Crippen LogP contribution is 2.62. The Bertz CT molecular complexity index is 3170. The number of hydrogen-bond donors (Lipinski definition) is 1. The number of aromatic nitrogens is 1. The van der Waals surface area contributed by atoms with Gasteiger partial charge in [0.15, 0.2) is 5.84 Å². The highest BCUT2D eigenvalue weighted by Gasteiger charge is 2.51. The number of benzene rings is 8. The zero-order valence-corrected chi connectivity index (χ0v) is 32.5. The zero-order valence-electron chi connectivity index (χ0n) is 32.5. The molecule has 0 bridgehead atoms. The summed E-state index contributed by atoms with van der Waals surface area (Å²) in [6, 6.07) is 70.6. The molecule has 2 aliphatic heterocycles. The zero-order chi connectivity index (χ0) is 39.6. The van der Waals surface area contributed by atoms with Gasteiger partial charge in [-0.25, -0.2) is 9.98 Å². The van der Waals surface area contributed by atoms with Crippen LogP contribution in [-0.4, -0.2) is 16.7 Å². The van der Waals surface area contributed by atoms with Crippen molar-refractivity contribution in [3.8, 4) is 44.9 Å². The molecule has 0 saturated carbocycles. The van der Waals surface area contributed by atoms with E-state index in [1.165, 1.54) is 27.8 Å². The van der Waals surface area contributed by atoms with E-state index < -0.39 is 11.6 Å². The largest absolute Gasteiger partial charge is 0.457 e. The summed E-state index contributed by atoms with van der Waals surface area (Å²) < 4.78 is 7.19. The Morgan fingerprint density at radius 3 is 1.77 bits per heavy atom. The topological polar surface area (TPSA) is 58.9 Å². The van der Waals surface area contributed by atoms with Crippen LogP contribution in [-0.2, 0) is 5.41 Å². The quantitative estimate of drug-likeness (QED) is 0.190. The second-order valence-corrected chi connectivity index (χ2v) is 15.5. The Hall–Kier alpha value is -7.89. The summed E-state index contributed by atoms with van der Waals surface area (Å²) >= 11 is 0. The SMILES string of the molecule is c1ccc(C2=NC(c3ccc4c(c3)Oc3cc(-c5ccc(-c6ccccc6)c6cccnc56)ccc3C43c4ccccc4-c4ccccc43)NC(c3ccccc3)=N2)cc1. The number of nitrogens with one attached hydrogen (secondary N) is 1. The first-order valence-corrected chi connectivity index (χ1v) is 20.4. The Morgan fingerprint density at radius 2 is 1.05 bits per heavy atom. The van der Waals surface area contributed by atoms with Gasteiger partial charge in [0.05, 0.1) is 10.9 Å². The normalized spacial score (nSPS) is 15.4. The van der Waals surface area contributed by atoms with Gasteiger partial charge in [-0.1, -0.05) is 182 Å². The molecule has 1 aliphatic carbocycles. The van der Waals surface area contributed by atoms with Gasteiger partial charge in [0.25, 0.3) is 0 Å². The first-order chi connectivity index (χ1) is 29.7. The minimum atomic E-state index is -0.611. The lowest BCUT2D eigenvalue weighted by molar-refractivity contribution is 0.435. The average Bonchev–Trinajstić information content (AvgIpc) is 3.62. The lowest BCUT2D eigenvalue weighted by atomic mass is 9.65. The van der Waals surface area contributed by atoms with Crippen molar-refractivity contribution in [1.29, 1.82) is 0 Å². The third-order valence-corrected chi connectivity index (χ3v) is 12.3. The maximum Gasteiger partial charge on any atom is 0.159 e. The van der Waals surface area contributed by atoms with Crippen molar-refractivity contribution in [2.45, 2.75) is 11.6 Å². The van der Waals surface area contributed by atoms with E-state index in [0.717, 1.165) is 72.7 Å². The highest BCUT2D eigenvalue weighted by atomic mass is 16.5. The van der Waals surface area contributed by atoms with E-state index in [2.05, 4.69) is 163 Å². The predicted octanol–water partition coefficient (Wildman–Crippen LogP) is 12.5. The van der Waals surface area contributed by atoms with E-state index >= 15 is 0 Å². The molecule has 5 nitrogen and oxygen atoms in total. The molecular weight excluding hydrogens is 733 g/mol. The number of pyridine rings is 1. The van der Waals surface area contributed by atoms with Crippen molar-refractivity contribution >= 4 is 22.6 Å². The van der Waals surface area contributed by atoms with Gasteiger partial charge in [0.2, 0.25) is 0 Å². The number of rotatable bonds is 5. The minimum absolute atomic E-state index is 0.408. The Balaban J connectivity index is 1.05. The Kier molecular flexibility index (Phi) is 7.75. The molecule has 1 unspecified atom stereocenters. The van der Waals surface area contributed by atoms with Crippen LogP contribution < -0.4 is 10.1 Å². The molecule has 0 amide bonds. The van der Waals surface area contributed by atoms with E-state index in [4.69, 9.17) is 19.7 Å². The molecule has 0 fully saturated rings. The van der Waals surface area contributed by atoms with Gasteiger partial charge in [-0.05, 0) is 57.1 Å². The number of fused-ring (bicyclic) bond motifs is 10. The van der Waals surface area contributed by atoms with Crippen LogP contribution in [0.2, 0.25) is 0 Å². The van der Waals surface area contributed by atoms with Gasteiger partial charge in [0.1, 0.15) is 23.5 Å². The summed E-state index contributed by atoms with van der Waals surface area (Å²) in [6.45, 7) is 0. The maximum absolute atomic E-state index is 7.19. The molecule has 5 heteroatoms. The molecule has 12 rings (SSSR count). The van der Waals surface area contributed by atoms with E-state index in [-0.39, 0.29) is 0 Å². The maximum atomic E-state index is 7.19. The van der Waals surface area contributed by atoms with E-state index in [1.54, 1.807) is 0 Å². The van der Waals surface area contributed by atoms with Gasteiger partial charge in [-0.2, -0.15) is 0 Å².